The van der Waals surface area contributed by atoms with Crippen molar-refractivity contribution in [3.8, 4) is 11.1 Å². The monoisotopic (exact) mass is 651 g/mol. The molecule has 0 aromatic heterocycles. The Morgan fingerprint density at radius 1 is 0.846 bits per heavy atom. The molecular weight excluding hydrogens is 614 g/mol. The molecule has 3 nitrogen and oxygen atoms in total. The third-order valence-electron chi connectivity index (χ3n) is 7.74. The second kappa shape index (κ2) is 13.8. The molecular formula is C34H39Br2NO2. The van der Waals surface area contributed by atoms with Crippen molar-refractivity contribution in [2.75, 3.05) is 24.6 Å². The summed E-state index contributed by atoms with van der Waals surface area (Å²) < 4.78 is 7.75. The van der Waals surface area contributed by atoms with Crippen LogP contribution in [0.2, 0.25) is 0 Å². The SMILES string of the molecule is CCCCN(CCCC)c1ccc(C=CC(=O)OCCCC2(C)c3cc(Br)ccc3-c3ccc(Br)cc32)cc1. The minimum absolute atomic E-state index is 0.135. The molecule has 4 rings (SSSR count). The van der Waals surface area contributed by atoms with Gasteiger partial charge >= 0.3 is 5.97 Å². The minimum atomic E-state index is -0.297. The summed E-state index contributed by atoms with van der Waals surface area (Å²) in [5.74, 6) is -0.297. The van der Waals surface area contributed by atoms with Gasteiger partial charge in [-0.15, -0.1) is 0 Å². The van der Waals surface area contributed by atoms with Gasteiger partial charge in [0.2, 0.25) is 0 Å². The van der Waals surface area contributed by atoms with Crippen molar-refractivity contribution in [3.05, 3.63) is 92.4 Å². The van der Waals surface area contributed by atoms with Gasteiger partial charge in [0.05, 0.1) is 6.61 Å². The van der Waals surface area contributed by atoms with Gasteiger partial charge in [0.1, 0.15) is 0 Å². The number of fused-ring (bicyclic) bond motifs is 3. The minimum Gasteiger partial charge on any atom is -0.463 e. The molecule has 5 heteroatoms. The Kier molecular flexibility index (Phi) is 10.5. The summed E-state index contributed by atoms with van der Waals surface area (Å²) in [6.45, 7) is 9.33. The van der Waals surface area contributed by atoms with Crippen LogP contribution in [0.4, 0.5) is 5.69 Å². The van der Waals surface area contributed by atoms with E-state index in [2.05, 4.69) is 118 Å². The van der Waals surface area contributed by atoms with E-state index in [1.54, 1.807) is 0 Å². The molecule has 0 unspecified atom stereocenters. The summed E-state index contributed by atoms with van der Waals surface area (Å²) >= 11 is 7.31. The molecule has 0 saturated carbocycles. The Morgan fingerprint density at radius 2 is 1.41 bits per heavy atom. The zero-order valence-corrected chi connectivity index (χ0v) is 26.5. The molecule has 0 amide bonds. The number of hydrogen-bond donors (Lipinski definition) is 0. The molecule has 0 aliphatic heterocycles. The maximum Gasteiger partial charge on any atom is 0.330 e. The van der Waals surface area contributed by atoms with Crippen LogP contribution in [0.1, 0.15) is 76.0 Å². The number of nitrogens with zero attached hydrogens (tertiary/aromatic N) is 1. The molecule has 0 N–H and O–H groups in total. The molecule has 206 valence electrons. The summed E-state index contributed by atoms with van der Waals surface area (Å²) in [6, 6.07) is 21.5. The highest BCUT2D eigenvalue weighted by molar-refractivity contribution is 9.10. The Morgan fingerprint density at radius 3 is 1.95 bits per heavy atom. The maximum atomic E-state index is 12.5. The number of ether oxygens (including phenoxy) is 1. The summed E-state index contributed by atoms with van der Waals surface area (Å²) in [6.07, 6.45) is 9.85. The quantitative estimate of drug-likeness (QED) is 0.105. The van der Waals surface area contributed by atoms with Crippen LogP contribution in [0.25, 0.3) is 17.2 Å². The van der Waals surface area contributed by atoms with E-state index in [1.807, 2.05) is 6.08 Å². The van der Waals surface area contributed by atoms with E-state index in [-0.39, 0.29) is 11.4 Å². The first kappa shape index (κ1) is 29.6. The molecule has 0 atom stereocenters. The lowest BCUT2D eigenvalue weighted by Crippen LogP contribution is -2.25. The van der Waals surface area contributed by atoms with Crippen LogP contribution < -0.4 is 4.90 Å². The molecule has 3 aromatic carbocycles. The summed E-state index contributed by atoms with van der Waals surface area (Å²) in [5.41, 5.74) is 7.33. The van der Waals surface area contributed by atoms with Gasteiger partial charge in [0, 0.05) is 39.2 Å². The zero-order valence-electron chi connectivity index (χ0n) is 23.3. The van der Waals surface area contributed by atoms with Crippen molar-refractivity contribution in [1.82, 2.24) is 0 Å². The van der Waals surface area contributed by atoms with Crippen LogP contribution in [0, 0.1) is 0 Å². The predicted octanol–water partition coefficient (Wildman–Crippen LogP) is 9.94. The van der Waals surface area contributed by atoms with Gasteiger partial charge in [-0.1, -0.05) is 89.7 Å². The van der Waals surface area contributed by atoms with Crippen LogP contribution in [0.3, 0.4) is 0 Å². The van der Waals surface area contributed by atoms with Crippen molar-refractivity contribution >= 4 is 49.6 Å². The van der Waals surface area contributed by atoms with E-state index in [0.29, 0.717) is 6.61 Å². The second-order valence-electron chi connectivity index (χ2n) is 10.6. The van der Waals surface area contributed by atoms with Crippen LogP contribution in [-0.2, 0) is 14.9 Å². The number of anilines is 1. The Hall–Kier alpha value is -2.37. The highest BCUT2D eigenvalue weighted by atomic mass is 79.9. The Balaban J connectivity index is 1.32. The average Bonchev–Trinajstić information content (AvgIpc) is 3.17. The number of unbranched alkanes of at least 4 members (excludes halogenated alkanes) is 2. The number of benzene rings is 3. The van der Waals surface area contributed by atoms with E-state index in [0.717, 1.165) is 40.4 Å². The summed E-state index contributed by atoms with van der Waals surface area (Å²) in [5, 5.41) is 0. The lowest BCUT2D eigenvalue weighted by atomic mass is 9.76. The van der Waals surface area contributed by atoms with Crippen molar-refractivity contribution in [2.45, 2.75) is 64.7 Å². The molecule has 0 bridgehead atoms. The highest BCUT2D eigenvalue weighted by Gasteiger charge is 2.39. The lowest BCUT2D eigenvalue weighted by molar-refractivity contribution is -0.137. The standard InChI is InChI=1S/C34H39Br2NO2/c1-4-6-20-37(21-7-5-2)28-14-9-25(10-15-28)11-18-33(38)39-22-8-19-34(3)31-23-26(35)12-16-29(31)30-17-13-27(36)24-32(30)34/h9-18,23-24H,4-8,19-22H2,1-3H3. The van der Waals surface area contributed by atoms with Gasteiger partial charge < -0.3 is 9.64 Å². The van der Waals surface area contributed by atoms with Crippen LogP contribution >= 0.6 is 31.9 Å². The topological polar surface area (TPSA) is 29.5 Å². The van der Waals surface area contributed by atoms with E-state index in [1.165, 1.54) is 59.7 Å². The molecule has 0 heterocycles. The van der Waals surface area contributed by atoms with E-state index in [9.17, 15) is 4.79 Å². The van der Waals surface area contributed by atoms with Crippen molar-refractivity contribution in [1.29, 1.82) is 0 Å². The molecule has 0 spiro atoms. The molecule has 0 fully saturated rings. The normalized spacial score (nSPS) is 13.4. The highest BCUT2D eigenvalue weighted by Crippen LogP contribution is 2.52. The predicted molar refractivity (Wildman–Crippen MR) is 171 cm³/mol. The molecule has 1 aliphatic carbocycles. The largest absolute Gasteiger partial charge is 0.463 e. The smallest absolute Gasteiger partial charge is 0.330 e. The molecule has 1 aliphatic rings. The van der Waals surface area contributed by atoms with Gasteiger partial charge in [-0.05, 0) is 96.0 Å². The maximum absolute atomic E-state index is 12.5. The molecule has 0 radical (unpaired) electrons. The van der Waals surface area contributed by atoms with Crippen LogP contribution in [0.15, 0.2) is 75.7 Å². The number of rotatable bonds is 13. The molecule has 0 saturated heterocycles. The van der Waals surface area contributed by atoms with Gasteiger partial charge in [0.15, 0.2) is 0 Å². The zero-order chi connectivity index (χ0) is 27.8. The summed E-state index contributed by atoms with van der Waals surface area (Å²) in [7, 11) is 0. The Labute approximate surface area is 250 Å². The van der Waals surface area contributed by atoms with Crippen LogP contribution in [0.5, 0.6) is 0 Å². The van der Waals surface area contributed by atoms with Gasteiger partial charge in [-0.2, -0.15) is 0 Å². The average molecular weight is 653 g/mol. The summed E-state index contributed by atoms with van der Waals surface area (Å²) in [4.78, 5) is 14.9. The van der Waals surface area contributed by atoms with E-state index >= 15 is 0 Å². The fourth-order valence-electron chi connectivity index (χ4n) is 5.51. The van der Waals surface area contributed by atoms with E-state index in [4.69, 9.17) is 4.74 Å². The number of hydrogen-bond acceptors (Lipinski definition) is 3. The second-order valence-corrected chi connectivity index (χ2v) is 12.4. The third kappa shape index (κ3) is 7.24. The number of halogens is 2. The first-order chi connectivity index (χ1) is 18.9. The van der Waals surface area contributed by atoms with Crippen LogP contribution in [-0.4, -0.2) is 25.7 Å². The molecule has 39 heavy (non-hydrogen) atoms. The fourth-order valence-corrected chi connectivity index (χ4v) is 6.23. The number of carbonyl (C=O) groups is 1. The molecule has 3 aromatic rings. The van der Waals surface area contributed by atoms with E-state index < -0.39 is 0 Å². The fraction of sp³-hybridized carbons (Fsp3) is 0.382. The number of carbonyl (C=O) groups excluding carboxylic acids is 1. The number of esters is 1. The third-order valence-corrected chi connectivity index (χ3v) is 8.73. The van der Waals surface area contributed by atoms with Gasteiger partial charge in [0.25, 0.3) is 0 Å². The van der Waals surface area contributed by atoms with Crippen molar-refractivity contribution in [3.63, 3.8) is 0 Å². The first-order valence-electron chi connectivity index (χ1n) is 14.2. The Bertz CT molecular complexity index is 1240. The first-order valence-corrected chi connectivity index (χ1v) is 15.7. The van der Waals surface area contributed by atoms with Gasteiger partial charge in [-0.3, -0.25) is 0 Å². The lowest BCUT2D eigenvalue weighted by Gasteiger charge is -2.27. The van der Waals surface area contributed by atoms with Gasteiger partial charge in [-0.25, -0.2) is 4.79 Å². The van der Waals surface area contributed by atoms with Crippen molar-refractivity contribution in [2.24, 2.45) is 0 Å². The van der Waals surface area contributed by atoms with Crippen molar-refractivity contribution < 1.29 is 9.53 Å².